The molecule has 1 aromatic heterocycles. The average Bonchev–Trinajstić information content (AvgIpc) is 3.54. The Morgan fingerprint density at radius 2 is 0.940 bits per heavy atom. The van der Waals surface area contributed by atoms with Crippen molar-refractivity contribution in [1.29, 1.82) is 0 Å². The highest BCUT2D eigenvalue weighted by Gasteiger charge is 2.22. The summed E-state index contributed by atoms with van der Waals surface area (Å²) in [6.07, 6.45) is 0. The van der Waals surface area contributed by atoms with Gasteiger partial charge in [0.2, 0.25) is 0 Å². The number of hydrogen-bond acceptors (Lipinski definition) is 1. The lowest BCUT2D eigenvalue weighted by Gasteiger charge is -2.27. The highest BCUT2D eigenvalue weighted by atomic mass is 15.2. The van der Waals surface area contributed by atoms with Crippen LogP contribution in [0.2, 0.25) is 0 Å². The standard InChI is InChI=1S/C48H32N2/c1-3-12-33(13-4-1)34-22-27-38(28-23-34)50-46-20-10-9-18-43(46)44-19-11-21-47(48(44)50)49(37-15-5-2-6-16-37)39-29-24-36-26-30-41-40-17-8-7-14-35(40)25-31-42(41)45(36)32-39/h1-32H. The molecule has 0 aliphatic carbocycles. The molecule has 0 unspecified atom stereocenters. The lowest BCUT2D eigenvalue weighted by atomic mass is 9.96. The van der Waals surface area contributed by atoms with Crippen molar-refractivity contribution in [3.8, 4) is 16.8 Å². The van der Waals surface area contributed by atoms with Gasteiger partial charge in [0.05, 0.1) is 16.7 Å². The van der Waals surface area contributed by atoms with E-state index in [4.69, 9.17) is 0 Å². The van der Waals surface area contributed by atoms with Gasteiger partial charge < -0.3 is 9.47 Å². The van der Waals surface area contributed by atoms with E-state index in [1.807, 2.05) is 0 Å². The molecule has 10 rings (SSSR count). The number of fused-ring (bicyclic) bond motifs is 8. The number of aromatic nitrogens is 1. The van der Waals surface area contributed by atoms with Gasteiger partial charge in [-0.1, -0.05) is 146 Å². The first-order valence-electron chi connectivity index (χ1n) is 17.2. The summed E-state index contributed by atoms with van der Waals surface area (Å²) >= 11 is 0. The highest BCUT2D eigenvalue weighted by molar-refractivity contribution is 6.18. The van der Waals surface area contributed by atoms with E-state index >= 15 is 0 Å². The van der Waals surface area contributed by atoms with E-state index in [9.17, 15) is 0 Å². The van der Waals surface area contributed by atoms with E-state index < -0.39 is 0 Å². The van der Waals surface area contributed by atoms with E-state index in [0.29, 0.717) is 0 Å². The maximum Gasteiger partial charge on any atom is 0.0782 e. The van der Waals surface area contributed by atoms with Gasteiger partial charge in [0.15, 0.2) is 0 Å². The number of nitrogens with zero attached hydrogens (tertiary/aromatic N) is 2. The predicted molar refractivity (Wildman–Crippen MR) is 213 cm³/mol. The summed E-state index contributed by atoms with van der Waals surface area (Å²) in [5.41, 5.74) is 9.27. The third kappa shape index (κ3) is 4.50. The summed E-state index contributed by atoms with van der Waals surface area (Å²) < 4.78 is 2.44. The summed E-state index contributed by atoms with van der Waals surface area (Å²) in [6.45, 7) is 0. The molecular weight excluding hydrogens is 605 g/mol. The molecule has 234 valence electrons. The van der Waals surface area contributed by atoms with Crippen LogP contribution >= 0.6 is 0 Å². The van der Waals surface area contributed by atoms with Crippen LogP contribution in [0.4, 0.5) is 17.1 Å². The molecule has 0 saturated carbocycles. The molecule has 0 aliphatic rings. The number of para-hydroxylation sites is 3. The van der Waals surface area contributed by atoms with Gasteiger partial charge in [0.1, 0.15) is 0 Å². The van der Waals surface area contributed by atoms with Crippen LogP contribution in [0.5, 0.6) is 0 Å². The van der Waals surface area contributed by atoms with Gasteiger partial charge in [0.25, 0.3) is 0 Å². The Kier molecular flexibility index (Phi) is 6.53. The largest absolute Gasteiger partial charge is 0.308 e. The fourth-order valence-electron chi connectivity index (χ4n) is 7.83. The van der Waals surface area contributed by atoms with Crippen molar-refractivity contribution in [2.45, 2.75) is 0 Å². The van der Waals surface area contributed by atoms with Crippen molar-refractivity contribution in [3.05, 3.63) is 194 Å². The van der Waals surface area contributed by atoms with E-state index in [2.05, 4.69) is 204 Å². The first-order valence-corrected chi connectivity index (χ1v) is 17.2. The topological polar surface area (TPSA) is 8.17 Å². The third-order valence-corrected chi connectivity index (χ3v) is 10.1. The van der Waals surface area contributed by atoms with Gasteiger partial charge in [-0.3, -0.25) is 0 Å². The van der Waals surface area contributed by atoms with Crippen LogP contribution in [0.25, 0.3) is 70.9 Å². The van der Waals surface area contributed by atoms with Gasteiger partial charge in [-0.05, 0) is 92.0 Å². The summed E-state index contributed by atoms with van der Waals surface area (Å²) in [5, 5.41) is 10.0. The molecule has 0 radical (unpaired) electrons. The van der Waals surface area contributed by atoms with Crippen molar-refractivity contribution in [3.63, 3.8) is 0 Å². The Labute approximate surface area is 290 Å². The van der Waals surface area contributed by atoms with Gasteiger partial charge in [-0.25, -0.2) is 0 Å². The zero-order valence-corrected chi connectivity index (χ0v) is 27.4. The van der Waals surface area contributed by atoms with Crippen molar-refractivity contribution in [2.75, 3.05) is 4.90 Å². The lowest BCUT2D eigenvalue weighted by Crippen LogP contribution is -2.11. The van der Waals surface area contributed by atoms with Gasteiger partial charge in [-0.2, -0.15) is 0 Å². The number of hydrogen-bond donors (Lipinski definition) is 0. The maximum absolute atomic E-state index is 2.44. The highest BCUT2D eigenvalue weighted by Crippen LogP contribution is 2.44. The molecule has 0 amide bonds. The fourth-order valence-corrected chi connectivity index (χ4v) is 7.83. The smallest absolute Gasteiger partial charge is 0.0782 e. The van der Waals surface area contributed by atoms with Crippen LogP contribution in [0.15, 0.2) is 194 Å². The maximum atomic E-state index is 2.44. The molecular formula is C48H32N2. The number of rotatable bonds is 5. The molecule has 2 heteroatoms. The Morgan fingerprint density at radius 1 is 0.340 bits per heavy atom. The first-order chi connectivity index (χ1) is 24.8. The van der Waals surface area contributed by atoms with Crippen LogP contribution in [0, 0.1) is 0 Å². The van der Waals surface area contributed by atoms with Crippen molar-refractivity contribution < 1.29 is 0 Å². The first kappa shape index (κ1) is 28.4. The molecule has 9 aromatic carbocycles. The Morgan fingerprint density at radius 3 is 1.74 bits per heavy atom. The normalized spacial score (nSPS) is 11.6. The van der Waals surface area contributed by atoms with Crippen molar-refractivity contribution >= 4 is 71.2 Å². The minimum atomic E-state index is 1.11. The van der Waals surface area contributed by atoms with E-state index in [-0.39, 0.29) is 0 Å². The molecule has 1 heterocycles. The molecule has 50 heavy (non-hydrogen) atoms. The second-order valence-corrected chi connectivity index (χ2v) is 13.0. The molecule has 2 nitrogen and oxygen atoms in total. The van der Waals surface area contributed by atoms with Crippen LogP contribution in [-0.4, -0.2) is 4.57 Å². The molecule has 0 saturated heterocycles. The van der Waals surface area contributed by atoms with Gasteiger partial charge in [-0.15, -0.1) is 0 Å². The second-order valence-electron chi connectivity index (χ2n) is 13.0. The predicted octanol–water partition coefficient (Wildman–Crippen LogP) is 13.4. The molecule has 0 spiro atoms. The molecule has 0 aliphatic heterocycles. The number of anilines is 3. The van der Waals surface area contributed by atoms with Gasteiger partial charge >= 0.3 is 0 Å². The SMILES string of the molecule is c1ccc(-c2ccc(-n3c4ccccc4c4cccc(N(c5ccccc5)c5ccc6ccc7c8ccccc8ccc7c6c5)c43)cc2)cc1. The Balaban J connectivity index is 1.24. The summed E-state index contributed by atoms with van der Waals surface area (Å²) in [4.78, 5) is 2.43. The Hall–Kier alpha value is -6.64. The minimum Gasteiger partial charge on any atom is -0.308 e. The van der Waals surface area contributed by atoms with Crippen LogP contribution < -0.4 is 4.90 Å². The van der Waals surface area contributed by atoms with Crippen molar-refractivity contribution in [1.82, 2.24) is 4.57 Å². The molecule has 0 N–H and O–H groups in total. The van der Waals surface area contributed by atoms with E-state index in [0.717, 1.165) is 22.7 Å². The number of benzene rings is 9. The van der Waals surface area contributed by atoms with Crippen molar-refractivity contribution in [2.24, 2.45) is 0 Å². The molecule has 0 bridgehead atoms. The van der Waals surface area contributed by atoms with Crippen LogP contribution in [-0.2, 0) is 0 Å². The fraction of sp³-hybridized carbons (Fsp3) is 0. The summed E-state index contributed by atoms with van der Waals surface area (Å²) in [7, 11) is 0. The zero-order chi connectivity index (χ0) is 33.0. The van der Waals surface area contributed by atoms with E-state index in [1.54, 1.807) is 0 Å². The van der Waals surface area contributed by atoms with Gasteiger partial charge in [0, 0.05) is 27.8 Å². The summed E-state index contributed by atoms with van der Waals surface area (Å²) in [6, 6.07) is 70.5. The molecule has 0 atom stereocenters. The van der Waals surface area contributed by atoms with Crippen LogP contribution in [0.1, 0.15) is 0 Å². The quantitative estimate of drug-likeness (QED) is 0.171. The third-order valence-electron chi connectivity index (χ3n) is 10.1. The lowest BCUT2D eigenvalue weighted by molar-refractivity contribution is 1.17. The average molecular weight is 637 g/mol. The Bertz CT molecular complexity index is 2850. The monoisotopic (exact) mass is 636 g/mol. The minimum absolute atomic E-state index is 1.11. The zero-order valence-electron chi connectivity index (χ0n) is 27.4. The second kappa shape index (κ2) is 11.5. The summed E-state index contributed by atoms with van der Waals surface area (Å²) in [5.74, 6) is 0. The van der Waals surface area contributed by atoms with Crippen LogP contribution in [0.3, 0.4) is 0 Å². The van der Waals surface area contributed by atoms with E-state index in [1.165, 1.54) is 65.3 Å². The molecule has 0 fully saturated rings. The molecule has 10 aromatic rings.